The second-order valence-corrected chi connectivity index (χ2v) is 8.66. The standard InChI is InChI=1S/C15H27F3N4O2S.HI/c1-19-14(21-13-5-3-2-4-6-13)20-11-12-7-9-22(10-8-12)25(23,24)15(16,17)18;/h12-13H,2-11H2,1H3,(H2,19,20,21);1H. The third-order valence-electron chi connectivity index (χ3n) is 4.93. The fourth-order valence-electron chi connectivity index (χ4n) is 3.38. The molecule has 26 heavy (non-hydrogen) atoms. The Labute approximate surface area is 170 Å². The molecule has 2 N–H and O–H groups in total. The predicted molar refractivity (Wildman–Crippen MR) is 106 cm³/mol. The van der Waals surface area contributed by atoms with Crippen molar-refractivity contribution in [2.45, 2.75) is 56.5 Å². The minimum Gasteiger partial charge on any atom is -0.356 e. The molecule has 0 aromatic heterocycles. The van der Waals surface area contributed by atoms with Crippen molar-refractivity contribution in [1.82, 2.24) is 14.9 Å². The van der Waals surface area contributed by atoms with Gasteiger partial charge in [-0.1, -0.05) is 19.3 Å². The Balaban J connectivity index is 0.00000338. The van der Waals surface area contributed by atoms with Crippen LogP contribution in [0.3, 0.4) is 0 Å². The van der Waals surface area contributed by atoms with Crippen molar-refractivity contribution in [3.63, 3.8) is 0 Å². The number of nitrogens with zero attached hydrogens (tertiary/aromatic N) is 2. The van der Waals surface area contributed by atoms with Gasteiger partial charge >= 0.3 is 15.5 Å². The van der Waals surface area contributed by atoms with Gasteiger partial charge in [-0.25, -0.2) is 8.42 Å². The molecule has 11 heteroatoms. The van der Waals surface area contributed by atoms with Crippen LogP contribution in [0.25, 0.3) is 0 Å². The largest absolute Gasteiger partial charge is 0.511 e. The van der Waals surface area contributed by atoms with Gasteiger partial charge in [-0.15, -0.1) is 24.0 Å². The van der Waals surface area contributed by atoms with Crippen molar-refractivity contribution in [2.24, 2.45) is 10.9 Å². The molecule has 0 amide bonds. The summed E-state index contributed by atoms with van der Waals surface area (Å²) in [6.45, 7) is 0.387. The van der Waals surface area contributed by atoms with Crippen LogP contribution in [0.15, 0.2) is 4.99 Å². The zero-order chi connectivity index (χ0) is 18.5. The third-order valence-corrected chi connectivity index (χ3v) is 6.56. The van der Waals surface area contributed by atoms with Crippen molar-refractivity contribution in [3.8, 4) is 0 Å². The molecule has 0 bridgehead atoms. The normalized spacial score (nSPS) is 21.9. The average Bonchev–Trinajstić information content (AvgIpc) is 2.59. The number of halogens is 4. The summed E-state index contributed by atoms with van der Waals surface area (Å²) >= 11 is 0. The number of piperidine rings is 1. The number of nitrogens with one attached hydrogen (secondary N) is 2. The van der Waals surface area contributed by atoms with Gasteiger partial charge < -0.3 is 10.6 Å². The van der Waals surface area contributed by atoms with Crippen LogP contribution >= 0.6 is 24.0 Å². The Morgan fingerprint density at radius 2 is 1.69 bits per heavy atom. The van der Waals surface area contributed by atoms with Crippen molar-refractivity contribution >= 4 is 40.0 Å². The molecular formula is C15H28F3IN4O2S. The Kier molecular flexibility index (Phi) is 9.40. The van der Waals surface area contributed by atoms with E-state index in [9.17, 15) is 21.6 Å². The summed E-state index contributed by atoms with van der Waals surface area (Å²) in [5.41, 5.74) is -5.22. The Hall–Kier alpha value is -0.300. The number of sulfonamides is 1. The van der Waals surface area contributed by atoms with Crippen molar-refractivity contribution in [3.05, 3.63) is 0 Å². The van der Waals surface area contributed by atoms with Gasteiger partial charge in [-0.3, -0.25) is 4.99 Å². The van der Waals surface area contributed by atoms with E-state index in [0.29, 0.717) is 35.7 Å². The second kappa shape index (κ2) is 10.3. The molecule has 0 aromatic rings. The van der Waals surface area contributed by atoms with Crippen LogP contribution in [-0.2, 0) is 10.0 Å². The SMILES string of the molecule is CN=C(NCC1CCN(S(=O)(=O)C(F)(F)F)CC1)NC1CCCCC1.I. The fourth-order valence-corrected chi connectivity index (χ4v) is 4.36. The minimum absolute atomic E-state index is 0. The van der Waals surface area contributed by atoms with Crippen molar-refractivity contribution in [1.29, 1.82) is 0 Å². The van der Waals surface area contributed by atoms with Gasteiger partial charge in [-0.2, -0.15) is 17.5 Å². The number of rotatable bonds is 4. The maximum atomic E-state index is 12.6. The quantitative estimate of drug-likeness (QED) is 0.345. The van der Waals surface area contributed by atoms with Gasteiger partial charge in [-0.05, 0) is 31.6 Å². The van der Waals surface area contributed by atoms with Crippen molar-refractivity contribution in [2.75, 3.05) is 26.7 Å². The van der Waals surface area contributed by atoms with Gasteiger partial charge in [0.1, 0.15) is 0 Å². The van der Waals surface area contributed by atoms with Gasteiger partial charge in [0.25, 0.3) is 0 Å². The molecule has 154 valence electrons. The van der Waals surface area contributed by atoms with Gasteiger partial charge in [0, 0.05) is 32.7 Å². The highest BCUT2D eigenvalue weighted by Gasteiger charge is 2.50. The minimum atomic E-state index is -5.22. The van der Waals surface area contributed by atoms with Crippen LogP contribution in [0.1, 0.15) is 44.9 Å². The highest BCUT2D eigenvalue weighted by molar-refractivity contribution is 14.0. The molecular weight excluding hydrogens is 484 g/mol. The molecule has 2 fully saturated rings. The zero-order valence-electron chi connectivity index (χ0n) is 14.9. The number of hydrogen-bond acceptors (Lipinski definition) is 3. The van der Waals surface area contributed by atoms with E-state index in [1.54, 1.807) is 7.05 Å². The summed E-state index contributed by atoms with van der Waals surface area (Å²) in [6.07, 6.45) is 6.74. The second-order valence-electron chi connectivity index (χ2n) is 6.73. The smallest absolute Gasteiger partial charge is 0.356 e. The van der Waals surface area contributed by atoms with E-state index in [4.69, 9.17) is 0 Å². The van der Waals surface area contributed by atoms with Crippen LogP contribution < -0.4 is 10.6 Å². The first-order chi connectivity index (χ1) is 11.7. The first-order valence-electron chi connectivity index (χ1n) is 8.77. The van der Waals surface area contributed by atoms with Gasteiger partial charge in [0.2, 0.25) is 0 Å². The lowest BCUT2D eigenvalue weighted by Gasteiger charge is -2.32. The van der Waals surface area contributed by atoms with Crippen LogP contribution in [0.4, 0.5) is 13.2 Å². The van der Waals surface area contributed by atoms with Crippen LogP contribution in [-0.4, -0.2) is 56.9 Å². The lowest BCUT2D eigenvalue weighted by atomic mass is 9.95. The van der Waals surface area contributed by atoms with Crippen LogP contribution in [0, 0.1) is 5.92 Å². The maximum absolute atomic E-state index is 12.6. The Bertz CT molecular complexity index is 558. The zero-order valence-corrected chi connectivity index (χ0v) is 18.0. The molecule has 2 rings (SSSR count). The molecule has 0 radical (unpaired) electrons. The monoisotopic (exact) mass is 512 g/mol. The van der Waals surface area contributed by atoms with E-state index >= 15 is 0 Å². The van der Waals surface area contributed by atoms with E-state index in [1.807, 2.05) is 0 Å². The topological polar surface area (TPSA) is 73.8 Å². The number of hydrogen-bond donors (Lipinski definition) is 2. The lowest BCUT2D eigenvalue weighted by molar-refractivity contribution is -0.0496. The molecule has 1 heterocycles. The fraction of sp³-hybridized carbons (Fsp3) is 0.933. The molecule has 6 nitrogen and oxygen atoms in total. The first-order valence-corrected chi connectivity index (χ1v) is 10.2. The molecule has 1 saturated carbocycles. The summed E-state index contributed by atoms with van der Waals surface area (Å²) in [5.74, 6) is 0.835. The van der Waals surface area contributed by atoms with Crippen LogP contribution in [0.5, 0.6) is 0 Å². The molecule has 1 saturated heterocycles. The maximum Gasteiger partial charge on any atom is 0.511 e. The van der Waals surface area contributed by atoms with Crippen molar-refractivity contribution < 1.29 is 21.6 Å². The predicted octanol–water partition coefficient (Wildman–Crippen LogP) is 2.66. The lowest BCUT2D eigenvalue weighted by Crippen LogP contribution is -2.48. The van der Waals surface area contributed by atoms with E-state index in [1.165, 1.54) is 19.3 Å². The third kappa shape index (κ3) is 6.39. The number of guanidine groups is 1. The Morgan fingerprint density at radius 3 is 2.19 bits per heavy atom. The highest BCUT2D eigenvalue weighted by atomic mass is 127. The van der Waals surface area contributed by atoms with Gasteiger partial charge in [0.05, 0.1) is 0 Å². The van der Waals surface area contributed by atoms with E-state index < -0.39 is 15.5 Å². The summed E-state index contributed by atoms with van der Waals surface area (Å²) in [4.78, 5) is 4.19. The molecule has 0 aromatic carbocycles. The average molecular weight is 512 g/mol. The number of aliphatic imine (C=N–C) groups is 1. The molecule has 0 unspecified atom stereocenters. The summed E-state index contributed by atoms with van der Waals surface area (Å²) in [7, 11) is -3.51. The first kappa shape index (κ1) is 23.7. The number of alkyl halides is 3. The molecule has 1 aliphatic carbocycles. The van der Waals surface area contributed by atoms with E-state index in [2.05, 4.69) is 15.6 Å². The summed E-state index contributed by atoms with van der Waals surface area (Å²) in [5, 5.41) is 6.60. The summed E-state index contributed by atoms with van der Waals surface area (Å²) < 4.78 is 61.1. The summed E-state index contributed by atoms with van der Waals surface area (Å²) in [6, 6.07) is 0.415. The molecule has 0 spiro atoms. The van der Waals surface area contributed by atoms with Crippen LogP contribution in [0.2, 0.25) is 0 Å². The molecule has 2 aliphatic rings. The Morgan fingerprint density at radius 1 is 1.12 bits per heavy atom. The van der Waals surface area contributed by atoms with E-state index in [0.717, 1.165) is 12.8 Å². The van der Waals surface area contributed by atoms with E-state index in [-0.39, 0.29) is 43.0 Å². The molecule has 0 atom stereocenters. The van der Waals surface area contributed by atoms with Gasteiger partial charge in [0.15, 0.2) is 5.96 Å². The molecule has 1 aliphatic heterocycles. The highest BCUT2D eigenvalue weighted by Crippen LogP contribution is 2.30.